The fourth-order valence-electron chi connectivity index (χ4n) is 8.98. The predicted molar refractivity (Wildman–Crippen MR) is 238 cm³/mol. The van der Waals surface area contributed by atoms with Crippen LogP contribution in [0.4, 0.5) is 0 Å². The monoisotopic (exact) mass is 742 g/mol. The van der Waals surface area contributed by atoms with Gasteiger partial charge in [-0.25, -0.2) is 4.98 Å². The molecule has 8 aromatic carbocycles. The van der Waals surface area contributed by atoms with E-state index < -0.39 is 0 Å². The highest BCUT2D eigenvalue weighted by atomic mass is 15.2. The Labute approximate surface area is 333 Å². The van der Waals surface area contributed by atoms with Gasteiger partial charge in [-0.15, -0.1) is 0 Å². The van der Waals surface area contributed by atoms with Crippen LogP contribution in [-0.4, -0.2) is 28.7 Å². The Morgan fingerprint density at radius 3 is 1.36 bits per heavy atom. The zero-order chi connectivity index (χ0) is 38.3. The lowest BCUT2D eigenvalue weighted by atomic mass is 10.1. The molecule has 6 heteroatoms. The van der Waals surface area contributed by atoms with Gasteiger partial charge in [0.15, 0.2) is 11.6 Å². The molecule has 0 amide bonds. The third-order valence-electron chi connectivity index (χ3n) is 11.5. The molecule has 12 rings (SSSR count). The number of rotatable bonds is 5. The van der Waals surface area contributed by atoms with E-state index in [0.717, 1.165) is 55.3 Å². The van der Waals surface area contributed by atoms with Crippen molar-refractivity contribution >= 4 is 65.4 Å². The predicted octanol–water partition coefficient (Wildman–Crippen LogP) is 12.8. The minimum Gasteiger partial charge on any atom is -0.309 e. The Kier molecular flexibility index (Phi) is 7.04. The van der Waals surface area contributed by atoms with Crippen LogP contribution in [-0.2, 0) is 0 Å². The van der Waals surface area contributed by atoms with Crippen molar-refractivity contribution in [2.24, 2.45) is 0 Å². The molecule has 272 valence electrons. The normalized spacial score (nSPS) is 11.9. The minimum atomic E-state index is 0.580. The van der Waals surface area contributed by atoms with Gasteiger partial charge in [-0.2, -0.15) is 9.97 Å². The van der Waals surface area contributed by atoms with Crippen molar-refractivity contribution in [3.8, 4) is 40.1 Å². The highest BCUT2D eigenvalue weighted by molar-refractivity contribution is 6.13. The molecule has 0 aliphatic carbocycles. The first-order valence-corrected chi connectivity index (χ1v) is 19.6. The summed E-state index contributed by atoms with van der Waals surface area (Å²) in [6.45, 7) is 2.17. The quantitative estimate of drug-likeness (QED) is 0.176. The van der Waals surface area contributed by atoms with E-state index in [-0.39, 0.29) is 0 Å². The van der Waals surface area contributed by atoms with Gasteiger partial charge in [-0.1, -0.05) is 127 Å². The molecular weight excluding hydrogens is 709 g/mol. The topological polar surface area (TPSA) is 53.5 Å². The summed E-state index contributed by atoms with van der Waals surface area (Å²) >= 11 is 0. The summed E-state index contributed by atoms with van der Waals surface area (Å²) in [6, 6.07) is 66.7. The van der Waals surface area contributed by atoms with Crippen LogP contribution in [0.25, 0.3) is 106 Å². The van der Waals surface area contributed by atoms with Crippen LogP contribution in [0.2, 0.25) is 0 Å². The van der Waals surface area contributed by atoms with E-state index in [1.807, 2.05) is 18.2 Å². The molecule has 0 bridgehead atoms. The fourth-order valence-corrected chi connectivity index (χ4v) is 8.98. The molecule has 0 unspecified atom stereocenters. The Balaban J connectivity index is 1.07. The second-order valence-corrected chi connectivity index (χ2v) is 15.0. The lowest BCUT2D eigenvalue weighted by molar-refractivity contribution is 0.953. The number of benzene rings is 8. The summed E-state index contributed by atoms with van der Waals surface area (Å²) in [5.41, 5.74) is 12.0. The van der Waals surface area contributed by atoms with E-state index in [1.54, 1.807) is 0 Å². The molecule has 6 nitrogen and oxygen atoms in total. The first-order chi connectivity index (χ1) is 28.7. The van der Waals surface area contributed by atoms with Crippen molar-refractivity contribution in [2.75, 3.05) is 0 Å². The van der Waals surface area contributed by atoms with Gasteiger partial charge in [0.2, 0.25) is 5.95 Å². The lowest BCUT2D eigenvalue weighted by Crippen LogP contribution is -2.06. The van der Waals surface area contributed by atoms with Crippen LogP contribution < -0.4 is 0 Å². The van der Waals surface area contributed by atoms with Crippen LogP contribution in [0.3, 0.4) is 0 Å². The second kappa shape index (κ2) is 12.6. The molecule has 0 fully saturated rings. The van der Waals surface area contributed by atoms with E-state index in [4.69, 9.17) is 15.0 Å². The first-order valence-electron chi connectivity index (χ1n) is 19.6. The van der Waals surface area contributed by atoms with Crippen LogP contribution in [0.5, 0.6) is 0 Å². The summed E-state index contributed by atoms with van der Waals surface area (Å²) in [6.07, 6.45) is 0. The van der Waals surface area contributed by atoms with Crippen LogP contribution in [0, 0.1) is 6.92 Å². The van der Waals surface area contributed by atoms with E-state index >= 15 is 0 Å². The number of para-hydroxylation sites is 4. The van der Waals surface area contributed by atoms with Gasteiger partial charge in [0.25, 0.3) is 0 Å². The van der Waals surface area contributed by atoms with Crippen molar-refractivity contribution in [1.82, 2.24) is 28.7 Å². The Hall–Kier alpha value is -7.83. The first kappa shape index (κ1) is 32.4. The molecule has 0 saturated carbocycles. The Morgan fingerprint density at radius 1 is 0.310 bits per heavy atom. The molecule has 0 aliphatic rings. The Morgan fingerprint density at radius 2 is 0.759 bits per heavy atom. The number of fused-ring (bicyclic) bond motifs is 9. The summed E-state index contributed by atoms with van der Waals surface area (Å²) in [5, 5.41) is 7.23. The maximum absolute atomic E-state index is 5.25. The molecule has 0 atom stereocenters. The molecule has 4 aromatic heterocycles. The summed E-state index contributed by atoms with van der Waals surface area (Å²) in [4.78, 5) is 15.5. The van der Waals surface area contributed by atoms with Gasteiger partial charge in [0, 0.05) is 54.8 Å². The van der Waals surface area contributed by atoms with Gasteiger partial charge >= 0.3 is 0 Å². The summed E-state index contributed by atoms with van der Waals surface area (Å²) in [7, 11) is 0. The van der Waals surface area contributed by atoms with Gasteiger partial charge in [0.05, 0.1) is 33.1 Å². The highest BCUT2D eigenvalue weighted by Crippen LogP contribution is 2.38. The third kappa shape index (κ3) is 4.88. The van der Waals surface area contributed by atoms with Crippen molar-refractivity contribution in [1.29, 1.82) is 0 Å². The van der Waals surface area contributed by atoms with Crippen molar-refractivity contribution < 1.29 is 0 Å². The second-order valence-electron chi connectivity index (χ2n) is 15.0. The molecule has 4 heterocycles. The van der Waals surface area contributed by atoms with E-state index in [1.165, 1.54) is 38.1 Å². The van der Waals surface area contributed by atoms with E-state index in [9.17, 15) is 0 Å². The number of aromatic nitrogens is 6. The summed E-state index contributed by atoms with van der Waals surface area (Å²) in [5.74, 6) is 1.81. The maximum Gasteiger partial charge on any atom is 0.238 e. The van der Waals surface area contributed by atoms with Crippen molar-refractivity contribution in [2.45, 2.75) is 6.92 Å². The Bertz CT molecular complexity index is 3480. The highest BCUT2D eigenvalue weighted by Gasteiger charge is 2.20. The SMILES string of the molecule is Cc1ccc2c(c1)c1cc(-n3c4ccccc4c4ccccc43)ccc1n2-c1cccc(-c2nc(-c3ccccc3)nc(-n3c4ccccc4c4ccccc43)n2)c1. The zero-order valence-electron chi connectivity index (χ0n) is 31.6. The number of nitrogens with zero attached hydrogens (tertiary/aromatic N) is 6. The van der Waals surface area contributed by atoms with Crippen LogP contribution in [0.15, 0.2) is 188 Å². The van der Waals surface area contributed by atoms with Crippen LogP contribution >= 0.6 is 0 Å². The smallest absolute Gasteiger partial charge is 0.238 e. The lowest BCUT2D eigenvalue weighted by Gasteiger charge is -2.13. The third-order valence-corrected chi connectivity index (χ3v) is 11.5. The average Bonchev–Trinajstić information content (AvgIpc) is 3.92. The molecule has 0 N–H and O–H groups in total. The molecule has 0 spiro atoms. The van der Waals surface area contributed by atoms with Gasteiger partial charge < -0.3 is 9.13 Å². The van der Waals surface area contributed by atoms with Crippen molar-refractivity contribution in [3.05, 3.63) is 194 Å². The zero-order valence-corrected chi connectivity index (χ0v) is 31.6. The van der Waals surface area contributed by atoms with Crippen LogP contribution in [0.1, 0.15) is 5.56 Å². The minimum absolute atomic E-state index is 0.580. The van der Waals surface area contributed by atoms with Gasteiger partial charge in [-0.3, -0.25) is 4.57 Å². The summed E-state index contributed by atoms with van der Waals surface area (Å²) < 4.78 is 6.93. The molecule has 0 radical (unpaired) electrons. The number of aryl methyl sites for hydroxylation is 1. The average molecular weight is 743 g/mol. The fraction of sp³-hybridized carbons (Fsp3) is 0.0192. The number of hydrogen-bond donors (Lipinski definition) is 0. The standard InChI is InChI=1S/C52H34N6/c1-33-26-28-48-42(30-33)43-32-37(57-44-22-9-5-18-38(44)39-19-6-10-23-45(39)57)27-29-49(43)56(48)36-17-13-16-35(31-36)51-53-50(34-14-3-2-4-15-34)54-52(55-51)58-46-24-11-7-20-40(46)41-21-8-12-25-47(41)58/h2-32H,1H3. The largest absolute Gasteiger partial charge is 0.309 e. The van der Waals surface area contributed by atoms with Crippen molar-refractivity contribution in [3.63, 3.8) is 0 Å². The number of hydrogen-bond acceptors (Lipinski definition) is 3. The molecular formula is C52H34N6. The molecule has 0 saturated heterocycles. The van der Waals surface area contributed by atoms with E-state index in [0.29, 0.717) is 17.6 Å². The van der Waals surface area contributed by atoms with E-state index in [2.05, 4.69) is 190 Å². The molecule has 58 heavy (non-hydrogen) atoms. The molecule has 12 aromatic rings. The van der Waals surface area contributed by atoms with Gasteiger partial charge in [0.1, 0.15) is 0 Å². The molecule has 0 aliphatic heterocycles. The van der Waals surface area contributed by atoms with Gasteiger partial charge in [-0.05, 0) is 73.7 Å². The maximum atomic E-state index is 5.25.